The second-order valence-corrected chi connectivity index (χ2v) is 10.8. The lowest BCUT2D eigenvalue weighted by Gasteiger charge is -2.56. The number of Topliss-reactive ketones (excluding diaryl/α,β-unsaturated/α-hetero) is 1. The van der Waals surface area contributed by atoms with E-state index in [1.54, 1.807) is 5.57 Å². The molecule has 23 heavy (non-hydrogen) atoms. The predicted octanol–water partition coefficient (Wildman–Crippen LogP) is 5.52. The average molecular weight is 430 g/mol. The highest BCUT2D eigenvalue weighted by Crippen LogP contribution is 2.64. The fourth-order valence-electron chi connectivity index (χ4n) is 6.69. The number of carbonyl (C=O) groups excluding carboxylic acids is 1. The smallest absolute Gasteiger partial charge is 0.144 e. The molecule has 7 atom stereocenters. The van der Waals surface area contributed by atoms with Gasteiger partial charge in [-0.25, -0.2) is 0 Å². The summed E-state index contributed by atoms with van der Waals surface area (Å²) in [5.41, 5.74) is 1.81. The van der Waals surface area contributed by atoms with E-state index in [9.17, 15) is 9.18 Å². The van der Waals surface area contributed by atoms with Crippen LogP contribution in [0.5, 0.6) is 0 Å². The van der Waals surface area contributed by atoms with Gasteiger partial charge < -0.3 is 0 Å². The Bertz CT molecular complexity index is 558. The third-order valence-corrected chi connectivity index (χ3v) is 9.15. The van der Waals surface area contributed by atoms with Crippen LogP contribution in [0.4, 0.5) is 4.39 Å². The SMILES string of the molecule is C[C@]12CC[C@H](I)CC1=CC[C@@H]1[C@@H]2CC[C@]2(C)C(=O)[C@@H](CF)C[C@@H]12. The molecule has 4 aliphatic carbocycles. The molecule has 3 saturated carbocycles. The molecule has 0 heterocycles. The van der Waals surface area contributed by atoms with E-state index in [2.05, 4.69) is 42.5 Å². The van der Waals surface area contributed by atoms with Crippen LogP contribution in [-0.2, 0) is 4.79 Å². The lowest BCUT2D eigenvalue weighted by molar-refractivity contribution is -0.134. The first kappa shape index (κ1) is 16.5. The molecule has 3 heteroatoms. The van der Waals surface area contributed by atoms with Gasteiger partial charge in [-0.15, -0.1) is 0 Å². The van der Waals surface area contributed by atoms with Gasteiger partial charge in [-0.1, -0.05) is 48.1 Å². The first-order chi connectivity index (χ1) is 10.9. The lowest BCUT2D eigenvalue weighted by atomic mass is 9.48. The molecule has 128 valence electrons. The highest BCUT2D eigenvalue weighted by Gasteiger charge is 2.60. The zero-order valence-corrected chi connectivity index (χ0v) is 16.4. The van der Waals surface area contributed by atoms with Crippen molar-refractivity contribution in [2.24, 2.45) is 34.5 Å². The van der Waals surface area contributed by atoms with E-state index in [1.165, 1.54) is 25.7 Å². The number of alkyl halides is 2. The predicted molar refractivity (Wildman–Crippen MR) is 99.4 cm³/mol. The molecule has 0 N–H and O–H groups in total. The molecular weight excluding hydrogens is 402 g/mol. The van der Waals surface area contributed by atoms with Gasteiger partial charge in [0.1, 0.15) is 5.78 Å². The molecule has 1 nitrogen and oxygen atoms in total. The van der Waals surface area contributed by atoms with Gasteiger partial charge >= 0.3 is 0 Å². The molecule has 0 aromatic heterocycles. The van der Waals surface area contributed by atoms with Crippen LogP contribution in [0.2, 0.25) is 0 Å². The second-order valence-electron chi connectivity index (χ2n) is 9.01. The third-order valence-electron chi connectivity index (χ3n) is 8.09. The lowest BCUT2D eigenvalue weighted by Crippen LogP contribution is -2.50. The summed E-state index contributed by atoms with van der Waals surface area (Å²) in [6.45, 7) is 4.19. The standard InChI is InChI=1S/C20H28FIO/c1-19-7-5-14(22)10-13(19)3-4-15-16(19)6-8-20(2)17(15)9-12(11-21)18(20)23/h3,12,14-17H,4-11H2,1-2H3/t12-,14+,15-,16+,17+,19+,20+/m1/s1. The summed E-state index contributed by atoms with van der Waals surface area (Å²) >= 11 is 2.61. The van der Waals surface area contributed by atoms with Crippen LogP contribution in [0.1, 0.15) is 58.8 Å². The quantitative estimate of drug-likeness (QED) is 0.304. The Balaban J connectivity index is 1.68. The molecule has 4 aliphatic rings. The van der Waals surface area contributed by atoms with Crippen molar-refractivity contribution in [2.75, 3.05) is 6.67 Å². The van der Waals surface area contributed by atoms with Crippen molar-refractivity contribution < 1.29 is 9.18 Å². The van der Waals surface area contributed by atoms with Crippen LogP contribution < -0.4 is 0 Å². The van der Waals surface area contributed by atoms with E-state index in [-0.39, 0.29) is 17.1 Å². The Morgan fingerprint density at radius 2 is 1.96 bits per heavy atom. The Kier molecular flexibility index (Phi) is 3.98. The normalized spacial score (nSPS) is 52.4. The van der Waals surface area contributed by atoms with E-state index in [0.717, 1.165) is 29.1 Å². The van der Waals surface area contributed by atoms with Gasteiger partial charge in [0.2, 0.25) is 0 Å². The van der Waals surface area contributed by atoms with E-state index in [4.69, 9.17) is 0 Å². The molecule has 0 spiro atoms. The molecule has 3 fully saturated rings. The topological polar surface area (TPSA) is 17.1 Å². The Hall–Kier alpha value is 0.0700. The van der Waals surface area contributed by atoms with Crippen LogP contribution in [0.25, 0.3) is 0 Å². The van der Waals surface area contributed by atoms with Gasteiger partial charge in [-0.2, -0.15) is 0 Å². The van der Waals surface area contributed by atoms with Crippen LogP contribution >= 0.6 is 22.6 Å². The summed E-state index contributed by atoms with van der Waals surface area (Å²) in [5, 5.41) is 0. The van der Waals surface area contributed by atoms with Crippen LogP contribution in [0.15, 0.2) is 11.6 Å². The summed E-state index contributed by atoms with van der Waals surface area (Å²) in [6.07, 6.45) is 10.5. The first-order valence-corrected chi connectivity index (χ1v) is 10.6. The van der Waals surface area contributed by atoms with Crippen molar-refractivity contribution in [3.05, 3.63) is 11.6 Å². The number of fused-ring (bicyclic) bond motifs is 5. The van der Waals surface area contributed by atoms with Crippen molar-refractivity contribution >= 4 is 28.4 Å². The highest BCUT2D eigenvalue weighted by atomic mass is 127. The van der Waals surface area contributed by atoms with E-state index in [0.29, 0.717) is 17.3 Å². The Labute approximate surface area is 153 Å². The van der Waals surface area contributed by atoms with E-state index in [1.807, 2.05) is 0 Å². The Morgan fingerprint density at radius 1 is 1.22 bits per heavy atom. The van der Waals surface area contributed by atoms with Gasteiger partial charge in [0.25, 0.3) is 0 Å². The van der Waals surface area contributed by atoms with Gasteiger partial charge in [0.15, 0.2) is 0 Å². The number of carbonyl (C=O) groups is 1. The van der Waals surface area contributed by atoms with Crippen molar-refractivity contribution in [1.82, 2.24) is 0 Å². The number of ketones is 1. The highest BCUT2D eigenvalue weighted by molar-refractivity contribution is 14.1. The van der Waals surface area contributed by atoms with Crippen LogP contribution in [0, 0.1) is 34.5 Å². The minimum atomic E-state index is -0.447. The average Bonchev–Trinajstić information content (AvgIpc) is 2.79. The number of hydrogen-bond donors (Lipinski definition) is 0. The van der Waals surface area contributed by atoms with E-state index >= 15 is 0 Å². The molecule has 4 rings (SSSR count). The zero-order valence-electron chi connectivity index (χ0n) is 14.3. The van der Waals surface area contributed by atoms with Crippen LogP contribution in [-0.4, -0.2) is 16.4 Å². The summed E-state index contributed by atoms with van der Waals surface area (Å²) in [6, 6.07) is 0. The van der Waals surface area contributed by atoms with Gasteiger partial charge in [0.05, 0.1) is 6.67 Å². The first-order valence-electron chi connectivity index (χ1n) is 9.34. The number of hydrogen-bond acceptors (Lipinski definition) is 1. The van der Waals surface area contributed by atoms with Crippen molar-refractivity contribution in [2.45, 2.75) is 62.7 Å². The summed E-state index contributed by atoms with van der Waals surface area (Å²) in [4.78, 5) is 12.7. The van der Waals surface area contributed by atoms with Crippen molar-refractivity contribution in [3.63, 3.8) is 0 Å². The molecule has 0 aliphatic heterocycles. The molecule has 0 radical (unpaired) electrons. The minimum absolute atomic E-state index is 0.236. The summed E-state index contributed by atoms with van der Waals surface area (Å²) in [5.74, 6) is 1.66. The molecule has 0 aromatic rings. The summed E-state index contributed by atoms with van der Waals surface area (Å²) in [7, 11) is 0. The zero-order chi connectivity index (χ0) is 16.4. The largest absolute Gasteiger partial charge is 0.299 e. The number of allylic oxidation sites excluding steroid dienone is 2. The molecule has 0 amide bonds. The number of rotatable bonds is 1. The Morgan fingerprint density at radius 3 is 2.70 bits per heavy atom. The maximum absolute atomic E-state index is 13.3. The van der Waals surface area contributed by atoms with Crippen molar-refractivity contribution in [1.29, 1.82) is 0 Å². The number of halogens is 2. The fraction of sp³-hybridized carbons (Fsp3) is 0.850. The second kappa shape index (κ2) is 5.54. The van der Waals surface area contributed by atoms with Crippen molar-refractivity contribution in [3.8, 4) is 0 Å². The molecule has 0 unspecified atom stereocenters. The molecule has 0 saturated heterocycles. The van der Waals surface area contributed by atoms with Gasteiger partial charge in [-0.05, 0) is 68.1 Å². The molecule has 0 aromatic carbocycles. The van der Waals surface area contributed by atoms with E-state index < -0.39 is 6.67 Å². The van der Waals surface area contributed by atoms with Gasteiger partial charge in [0, 0.05) is 15.3 Å². The third kappa shape index (κ3) is 2.23. The molecular formula is C20H28FIO. The monoisotopic (exact) mass is 430 g/mol. The fourth-order valence-corrected chi connectivity index (χ4v) is 7.48. The van der Waals surface area contributed by atoms with Gasteiger partial charge in [-0.3, -0.25) is 9.18 Å². The molecule has 0 bridgehead atoms. The van der Waals surface area contributed by atoms with Crippen LogP contribution in [0.3, 0.4) is 0 Å². The maximum atomic E-state index is 13.3. The maximum Gasteiger partial charge on any atom is 0.144 e. The summed E-state index contributed by atoms with van der Waals surface area (Å²) < 4.78 is 14.1. The minimum Gasteiger partial charge on any atom is -0.299 e.